The lowest BCUT2D eigenvalue weighted by molar-refractivity contribution is 0.0925. The number of rotatable bonds is 7. The molecule has 9 heteroatoms. The molecular weight excluding hydrogens is 470 g/mol. The van der Waals surface area contributed by atoms with Gasteiger partial charge in [-0.25, -0.2) is 4.98 Å². The summed E-state index contributed by atoms with van der Waals surface area (Å²) in [5.41, 5.74) is 1.78. The first-order valence-electron chi connectivity index (χ1n) is 12.6. The maximum atomic E-state index is 13.4. The number of nitrogens with one attached hydrogen (secondary N) is 2. The third kappa shape index (κ3) is 4.81. The normalized spacial score (nSPS) is 14.1. The monoisotopic (exact) mass is 501 g/mol. The highest BCUT2D eigenvalue weighted by atomic mass is 16.5. The molecule has 2 N–H and O–H groups in total. The first-order chi connectivity index (χ1) is 18.0. The molecule has 192 valence electrons. The summed E-state index contributed by atoms with van der Waals surface area (Å²) in [5.74, 6) is 0.924. The first kappa shape index (κ1) is 24.5. The zero-order chi connectivity index (χ0) is 25.9. The lowest BCUT2D eigenvalue weighted by atomic mass is 9.95. The maximum absolute atomic E-state index is 13.4. The summed E-state index contributed by atoms with van der Waals surface area (Å²) in [6.07, 6.45) is 7.40. The van der Waals surface area contributed by atoms with Crippen molar-refractivity contribution in [2.75, 3.05) is 14.2 Å². The van der Waals surface area contributed by atoms with Crippen LogP contribution in [-0.4, -0.2) is 40.1 Å². The molecule has 3 heterocycles. The predicted molar refractivity (Wildman–Crippen MR) is 140 cm³/mol. The average molecular weight is 502 g/mol. The maximum Gasteiger partial charge on any atom is 0.267 e. The summed E-state index contributed by atoms with van der Waals surface area (Å²) < 4.78 is 13.9. The Hall–Kier alpha value is -4.14. The van der Waals surface area contributed by atoms with Crippen molar-refractivity contribution < 1.29 is 14.3 Å². The molecule has 0 aliphatic heterocycles. The van der Waals surface area contributed by atoms with E-state index in [9.17, 15) is 9.59 Å². The molecule has 1 saturated carbocycles. The smallest absolute Gasteiger partial charge is 0.267 e. The van der Waals surface area contributed by atoms with Crippen molar-refractivity contribution >= 4 is 22.6 Å². The van der Waals surface area contributed by atoms with Crippen LogP contribution >= 0.6 is 0 Å². The zero-order valence-corrected chi connectivity index (χ0v) is 21.1. The van der Waals surface area contributed by atoms with Crippen LogP contribution in [0.3, 0.4) is 0 Å². The van der Waals surface area contributed by atoms with Crippen molar-refractivity contribution in [3.05, 3.63) is 75.6 Å². The van der Waals surface area contributed by atoms with Crippen LogP contribution in [-0.2, 0) is 13.0 Å². The van der Waals surface area contributed by atoms with Gasteiger partial charge in [-0.1, -0.05) is 31.4 Å². The third-order valence-electron chi connectivity index (χ3n) is 7.08. The Bertz CT molecular complexity index is 1580. The number of nitrogens with zero attached hydrogens (tertiary/aromatic N) is 3. The minimum Gasteiger partial charge on any atom is -0.493 e. The van der Waals surface area contributed by atoms with Crippen LogP contribution in [0.1, 0.15) is 48.0 Å². The van der Waals surface area contributed by atoms with Crippen molar-refractivity contribution in [2.45, 2.75) is 51.1 Å². The summed E-state index contributed by atoms with van der Waals surface area (Å²) in [5, 5.41) is 12.4. The van der Waals surface area contributed by atoms with Gasteiger partial charge >= 0.3 is 0 Å². The van der Waals surface area contributed by atoms with E-state index in [1.54, 1.807) is 37.1 Å². The van der Waals surface area contributed by atoms with E-state index in [1.165, 1.54) is 16.9 Å². The number of ether oxygens (including phenoxy) is 2. The lowest BCUT2D eigenvalue weighted by Gasteiger charge is -2.23. The summed E-state index contributed by atoms with van der Waals surface area (Å²) >= 11 is 0. The number of benzene rings is 1. The molecule has 4 aromatic rings. The van der Waals surface area contributed by atoms with Crippen molar-refractivity contribution in [3.63, 3.8) is 0 Å². The first-order valence-corrected chi connectivity index (χ1v) is 12.6. The highest BCUT2D eigenvalue weighted by Crippen LogP contribution is 2.28. The van der Waals surface area contributed by atoms with Gasteiger partial charge in [0.15, 0.2) is 11.5 Å². The quantitative estimate of drug-likeness (QED) is 0.377. The molecule has 1 amide bonds. The van der Waals surface area contributed by atoms with E-state index in [1.807, 2.05) is 24.3 Å². The standard InChI is InChI=1S/C28H31N5O4/c1-36-22-12-11-18(16-23(22)37-2)13-15-33-25(29)20(27(34)30-19-8-4-3-5-9-19)17-21-26(33)31-24-10-6-7-14-32(24)28(21)35/h6-7,10-12,14,16-17,19,29H,3-5,8-9,13,15H2,1-2H3,(H,30,34). The van der Waals surface area contributed by atoms with Gasteiger partial charge in [0.1, 0.15) is 16.8 Å². The summed E-state index contributed by atoms with van der Waals surface area (Å²) in [4.78, 5) is 31.5. The molecule has 1 fully saturated rings. The minimum absolute atomic E-state index is 0.0356. The molecule has 0 atom stereocenters. The number of carbonyl (C=O) groups is 1. The number of aromatic nitrogens is 3. The Morgan fingerprint density at radius 2 is 1.86 bits per heavy atom. The van der Waals surface area contributed by atoms with E-state index in [-0.39, 0.29) is 28.6 Å². The van der Waals surface area contributed by atoms with Crippen molar-refractivity contribution in [1.82, 2.24) is 19.3 Å². The van der Waals surface area contributed by atoms with Crippen LogP contribution in [0.15, 0.2) is 53.5 Å². The molecular formula is C28H31N5O4. The Balaban J connectivity index is 1.60. The van der Waals surface area contributed by atoms with Crippen LogP contribution in [0.5, 0.6) is 11.5 Å². The molecule has 37 heavy (non-hydrogen) atoms. The highest BCUT2D eigenvalue weighted by Gasteiger charge is 2.21. The van der Waals surface area contributed by atoms with Crippen molar-refractivity contribution in [1.29, 1.82) is 5.41 Å². The number of pyridine rings is 2. The van der Waals surface area contributed by atoms with Gasteiger partial charge in [-0.3, -0.25) is 19.4 Å². The highest BCUT2D eigenvalue weighted by molar-refractivity contribution is 5.97. The van der Waals surface area contributed by atoms with E-state index in [2.05, 4.69) is 5.32 Å². The fourth-order valence-corrected chi connectivity index (χ4v) is 5.07. The van der Waals surface area contributed by atoms with Gasteiger partial charge in [0, 0.05) is 18.8 Å². The Morgan fingerprint density at radius 1 is 1.08 bits per heavy atom. The van der Waals surface area contributed by atoms with Crippen LogP contribution in [0.25, 0.3) is 16.7 Å². The molecule has 0 saturated heterocycles. The number of hydrogen-bond donors (Lipinski definition) is 2. The summed E-state index contributed by atoms with van der Waals surface area (Å²) in [7, 11) is 3.17. The van der Waals surface area contributed by atoms with E-state index in [0.29, 0.717) is 41.1 Å². The van der Waals surface area contributed by atoms with Crippen LogP contribution < -0.4 is 25.8 Å². The third-order valence-corrected chi connectivity index (χ3v) is 7.08. The minimum atomic E-state index is -0.323. The van der Waals surface area contributed by atoms with E-state index in [4.69, 9.17) is 19.9 Å². The molecule has 1 aliphatic rings. The Morgan fingerprint density at radius 3 is 2.62 bits per heavy atom. The van der Waals surface area contributed by atoms with Gasteiger partial charge in [-0.15, -0.1) is 0 Å². The molecule has 5 rings (SSSR count). The van der Waals surface area contributed by atoms with Crippen LogP contribution in [0.2, 0.25) is 0 Å². The Labute approximate surface area is 214 Å². The SMILES string of the molecule is COc1ccc(CCn2c(=N)c(C(=O)NC3CCCCC3)cc3c(=O)n4ccccc4nc32)cc1OC. The van der Waals surface area contributed by atoms with Crippen LogP contribution in [0.4, 0.5) is 0 Å². The number of aryl methyl sites for hydroxylation is 2. The Kier molecular flexibility index (Phi) is 6.94. The summed E-state index contributed by atoms with van der Waals surface area (Å²) in [6.45, 7) is 0.352. The van der Waals surface area contributed by atoms with E-state index in [0.717, 1.165) is 31.2 Å². The number of amides is 1. The lowest BCUT2D eigenvalue weighted by Crippen LogP contribution is -2.40. The van der Waals surface area contributed by atoms with Crippen LogP contribution in [0, 0.1) is 5.41 Å². The van der Waals surface area contributed by atoms with Gasteiger partial charge in [-0.05, 0) is 55.2 Å². The fourth-order valence-electron chi connectivity index (χ4n) is 5.07. The van der Waals surface area contributed by atoms with Gasteiger partial charge in [0.25, 0.3) is 11.5 Å². The second kappa shape index (κ2) is 10.5. The second-order valence-corrected chi connectivity index (χ2v) is 9.39. The molecule has 0 spiro atoms. The van der Waals surface area contributed by atoms with Gasteiger partial charge in [0.05, 0.1) is 25.2 Å². The van der Waals surface area contributed by atoms with Gasteiger partial charge in [-0.2, -0.15) is 0 Å². The number of carbonyl (C=O) groups excluding carboxylic acids is 1. The largest absolute Gasteiger partial charge is 0.493 e. The number of fused-ring (bicyclic) bond motifs is 2. The molecule has 0 unspecified atom stereocenters. The van der Waals surface area contributed by atoms with E-state index >= 15 is 0 Å². The number of hydrogen-bond acceptors (Lipinski definition) is 6. The molecule has 3 aromatic heterocycles. The number of methoxy groups -OCH3 is 2. The molecule has 9 nitrogen and oxygen atoms in total. The van der Waals surface area contributed by atoms with Gasteiger partial charge < -0.3 is 19.4 Å². The fraction of sp³-hybridized carbons (Fsp3) is 0.357. The average Bonchev–Trinajstić information content (AvgIpc) is 2.93. The zero-order valence-electron chi connectivity index (χ0n) is 21.1. The van der Waals surface area contributed by atoms with Gasteiger partial charge in [0.2, 0.25) is 0 Å². The van der Waals surface area contributed by atoms with Crippen molar-refractivity contribution in [3.8, 4) is 11.5 Å². The molecule has 0 radical (unpaired) electrons. The second-order valence-electron chi connectivity index (χ2n) is 9.39. The summed E-state index contributed by atoms with van der Waals surface area (Å²) in [6, 6.07) is 12.6. The molecule has 0 bridgehead atoms. The predicted octanol–water partition coefficient (Wildman–Crippen LogP) is 3.45. The topological polar surface area (TPSA) is 111 Å². The van der Waals surface area contributed by atoms with Crippen molar-refractivity contribution in [2.24, 2.45) is 0 Å². The molecule has 1 aliphatic carbocycles. The molecule has 1 aromatic carbocycles. The van der Waals surface area contributed by atoms with E-state index < -0.39 is 0 Å².